The van der Waals surface area contributed by atoms with E-state index in [1.54, 1.807) is 7.05 Å². The van der Waals surface area contributed by atoms with E-state index >= 15 is 0 Å². The summed E-state index contributed by atoms with van der Waals surface area (Å²) in [5, 5.41) is 5.02. The van der Waals surface area contributed by atoms with Crippen LogP contribution in [0.3, 0.4) is 0 Å². The molecule has 0 radical (unpaired) electrons. The predicted molar refractivity (Wildman–Crippen MR) is 142 cm³/mol. The normalized spacial score (nSPS) is 14.3. The summed E-state index contributed by atoms with van der Waals surface area (Å²) in [6, 6.07) is 6.23. The molecule has 0 amide bonds. The summed E-state index contributed by atoms with van der Waals surface area (Å²) in [7, 11) is 1.74. The molecule has 0 spiro atoms. The smallest absolute Gasteiger partial charge is 0.0815 e. The van der Waals surface area contributed by atoms with Crippen LogP contribution in [0.1, 0.15) is 36.6 Å². The maximum atomic E-state index is 6.75. The summed E-state index contributed by atoms with van der Waals surface area (Å²) in [4.78, 5) is 11.5. The van der Waals surface area contributed by atoms with Crippen LogP contribution < -0.4 is 16.8 Å². The number of halogens is 1. The number of fused-ring (bicyclic) bond motifs is 2. The number of aromatic nitrogens is 1. The van der Waals surface area contributed by atoms with E-state index in [2.05, 4.69) is 46.6 Å². The maximum absolute atomic E-state index is 6.75. The lowest BCUT2D eigenvalue weighted by Crippen LogP contribution is -2.36. The fraction of sp³-hybridized carbons (Fsp3) is 0.385. The third kappa shape index (κ3) is 6.02. The second-order valence-corrected chi connectivity index (χ2v) is 8.84. The van der Waals surface area contributed by atoms with Gasteiger partial charge in [0.25, 0.3) is 0 Å². The Morgan fingerprint density at radius 3 is 2.76 bits per heavy atom. The van der Waals surface area contributed by atoms with Crippen LogP contribution in [-0.4, -0.2) is 48.9 Å². The van der Waals surface area contributed by atoms with Gasteiger partial charge in [-0.3, -0.25) is 9.98 Å². The van der Waals surface area contributed by atoms with E-state index in [1.807, 2.05) is 13.0 Å². The van der Waals surface area contributed by atoms with Crippen molar-refractivity contribution in [3.05, 3.63) is 70.7 Å². The lowest BCUT2D eigenvalue weighted by atomic mass is 9.94. The van der Waals surface area contributed by atoms with Crippen molar-refractivity contribution in [1.29, 1.82) is 0 Å². The molecule has 0 unspecified atom stereocenters. The molecule has 1 heterocycles. The Bertz CT molecular complexity index is 1100. The Labute approximate surface area is 202 Å². The minimum atomic E-state index is 0.416. The first-order valence-electron chi connectivity index (χ1n) is 11.4. The van der Waals surface area contributed by atoms with Gasteiger partial charge in [-0.25, -0.2) is 0 Å². The molecular formula is C26H35ClN6. The van der Waals surface area contributed by atoms with Gasteiger partial charge in [0.15, 0.2) is 0 Å². The summed E-state index contributed by atoms with van der Waals surface area (Å²) in [5.74, 6) is 0. The molecule has 6 nitrogen and oxygen atoms in total. The molecule has 0 aliphatic heterocycles. The van der Waals surface area contributed by atoms with Crippen molar-refractivity contribution >= 4 is 33.8 Å². The lowest BCUT2D eigenvalue weighted by molar-refractivity contribution is 0.398. The molecule has 176 valence electrons. The molecule has 0 fully saturated rings. The zero-order chi connectivity index (χ0) is 24.0. The van der Waals surface area contributed by atoms with Gasteiger partial charge in [0.05, 0.1) is 21.9 Å². The molecule has 2 aromatic rings. The van der Waals surface area contributed by atoms with Crippen molar-refractivity contribution in [2.45, 2.75) is 32.6 Å². The molecule has 1 aromatic heterocycles. The molecular weight excluding hydrogens is 432 g/mol. The number of hydrogen-bond donors (Lipinski definition) is 3. The SMILES string of the molecule is C=C(CN(CCNCN)C(=C)C(/C=C(\C)N)=NC)c1ccc2c(Cl)c3c(nc2c1)CCCC3. The average Bonchev–Trinajstić information content (AvgIpc) is 2.81. The first-order chi connectivity index (χ1) is 15.8. The van der Waals surface area contributed by atoms with Crippen LogP contribution in [0.4, 0.5) is 0 Å². The Balaban J connectivity index is 1.87. The number of nitrogens with two attached hydrogens (primary N) is 2. The van der Waals surface area contributed by atoms with E-state index in [1.165, 1.54) is 18.4 Å². The Morgan fingerprint density at radius 2 is 2.06 bits per heavy atom. The fourth-order valence-electron chi connectivity index (χ4n) is 4.19. The lowest BCUT2D eigenvalue weighted by Gasteiger charge is -2.28. The summed E-state index contributed by atoms with van der Waals surface area (Å²) < 4.78 is 0. The third-order valence-corrected chi connectivity index (χ3v) is 6.40. The highest BCUT2D eigenvalue weighted by Gasteiger charge is 2.18. The van der Waals surface area contributed by atoms with Gasteiger partial charge in [-0.1, -0.05) is 36.9 Å². The predicted octanol–water partition coefficient (Wildman–Crippen LogP) is 4.04. The molecule has 1 aliphatic carbocycles. The van der Waals surface area contributed by atoms with E-state index in [4.69, 9.17) is 28.1 Å². The number of allylic oxidation sites excluding steroid dienone is 2. The van der Waals surface area contributed by atoms with Crippen LogP contribution in [0.5, 0.6) is 0 Å². The number of aryl methyl sites for hydroxylation is 1. The van der Waals surface area contributed by atoms with Gasteiger partial charge in [-0.05, 0) is 61.4 Å². The van der Waals surface area contributed by atoms with E-state index in [0.717, 1.165) is 57.0 Å². The van der Waals surface area contributed by atoms with E-state index < -0.39 is 0 Å². The van der Waals surface area contributed by atoms with Gasteiger partial charge < -0.3 is 21.7 Å². The van der Waals surface area contributed by atoms with Crippen LogP contribution in [0.2, 0.25) is 5.02 Å². The van der Waals surface area contributed by atoms with Crippen LogP contribution >= 0.6 is 11.6 Å². The Kier molecular flexibility index (Phi) is 8.67. The van der Waals surface area contributed by atoms with Gasteiger partial charge in [0, 0.05) is 50.1 Å². The van der Waals surface area contributed by atoms with Gasteiger partial charge in [0.2, 0.25) is 0 Å². The van der Waals surface area contributed by atoms with E-state index in [9.17, 15) is 0 Å². The molecule has 7 heteroatoms. The zero-order valence-electron chi connectivity index (χ0n) is 19.8. The Hall–Kier alpha value is -2.67. The summed E-state index contributed by atoms with van der Waals surface area (Å²) in [5.41, 5.74) is 19.0. The van der Waals surface area contributed by atoms with E-state index in [0.29, 0.717) is 32.0 Å². The molecule has 0 saturated heterocycles. The van der Waals surface area contributed by atoms with Crippen molar-refractivity contribution in [2.75, 3.05) is 33.4 Å². The van der Waals surface area contributed by atoms with Crippen molar-refractivity contribution in [3.63, 3.8) is 0 Å². The minimum Gasteiger partial charge on any atom is -0.402 e. The topological polar surface area (TPSA) is 92.6 Å². The van der Waals surface area contributed by atoms with Gasteiger partial charge in [0.1, 0.15) is 0 Å². The number of nitrogens with one attached hydrogen (secondary N) is 1. The van der Waals surface area contributed by atoms with Gasteiger partial charge in [-0.2, -0.15) is 0 Å². The number of nitrogens with zero attached hydrogens (tertiary/aromatic N) is 3. The van der Waals surface area contributed by atoms with Crippen molar-refractivity contribution < 1.29 is 0 Å². The third-order valence-electron chi connectivity index (χ3n) is 5.97. The monoisotopic (exact) mass is 466 g/mol. The summed E-state index contributed by atoms with van der Waals surface area (Å²) >= 11 is 6.75. The molecule has 0 atom stereocenters. The number of hydrogen-bond acceptors (Lipinski definition) is 6. The number of benzene rings is 1. The maximum Gasteiger partial charge on any atom is 0.0815 e. The molecule has 0 saturated carbocycles. The van der Waals surface area contributed by atoms with E-state index in [-0.39, 0.29) is 0 Å². The van der Waals surface area contributed by atoms with Gasteiger partial charge >= 0.3 is 0 Å². The quantitative estimate of drug-likeness (QED) is 0.279. The molecule has 3 rings (SSSR count). The van der Waals surface area contributed by atoms with Crippen molar-refractivity contribution in [1.82, 2.24) is 15.2 Å². The second-order valence-electron chi connectivity index (χ2n) is 8.46. The van der Waals surface area contributed by atoms with Crippen molar-refractivity contribution in [2.24, 2.45) is 16.5 Å². The first-order valence-corrected chi connectivity index (χ1v) is 11.8. The van der Waals surface area contributed by atoms with Crippen molar-refractivity contribution in [3.8, 4) is 0 Å². The summed E-state index contributed by atoms with van der Waals surface area (Å²) in [6.45, 7) is 12.9. The Morgan fingerprint density at radius 1 is 1.30 bits per heavy atom. The standard InChI is InChI=1S/C26H35ClN6/c1-17(15-33(12-11-31-16-28)19(3)24(30-4)13-18(2)29)20-9-10-22-25(14-20)32-23-8-6-5-7-21(23)26(22)27/h9-10,13-14,31H,1,3,5-8,11-12,15-16,28-29H2,2,4H3/b18-13+,30-24?. The van der Waals surface area contributed by atoms with Crippen LogP contribution in [0, 0.1) is 0 Å². The number of rotatable bonds is 10. The summed E-state index contributed by atoms with van der Waals surface area (Å²) in [6.07, 6.45) is 6.18. The van der Waals surface area contributed by atoms with Crippen LogP contribution in [0.15, 0.2) is 53.8 Å². The molecule has 0 bridgehead atoms. The van der Waals surface area contributed by atoms with Crippen LogP contribution in [0.25, 0.3) is 16.5 Å². The number of pyridine rings is 1. The molecule has 1 aromatic carbocycles. The highest BCUT2D eigenvalue weighted by molar-refractivity contribution is 6.36. The highest BCUT2D eigenvalue weighted by atomic mass is 35.5. The van der Waals surface area contributed by atoms with Crippen LogP contribution in [-0.2, 0) is 12.8 Å². The average molecular weight is 467 g/mol. The largest absolute Gasteiger partial charge is 0.402 e. The molecule has 5 N–H and O–H groups in total. The molecule has 1 aliphatic rings. The second kappa shape index (κ2) is 11.5. The fourth-order valence-corrected chi connectivity index (χ4v) is 4.55. The minimum absolute atomic E-state index is 0.416. The zero-order valence-corrected chi connectivity index (χ0v) is 20.5. The van der Waals surface area contributed by atoms with Gasteiger partial charge in [-0.15, -0.1) is 0 Å². The molecule has 33 heavy (non-hydrogen) atoms. The first kappa shape index (κ1) is 25.0. The number of aliphatic imine (C=N–C) groups is 1. The highest BCUT2D eigenvalue weighted by Crippen LogP contribution is 2.34.